The van der Waals surface area contributed by atoms with E-state index in [1.807, 2.05) is 0 Å². The standard InChI is InChI=1S/C2H2O.U/c1-2-3;/h1H2;. The Balaban J connectivity index is 2.30. The third kappa shape index (κ3) is 2.72. The monoisotopic (exact) mass is 280 g/mol. The first-order valence-electron chi connectivity index (χ1n) is 0.911. The summed E-state index contributed by atoms with van der Waals surface area (Å²) in [5, 5.41) is 0. The zero-order chi connectivity index (χ0) is 3.41. The average molecular weight is 280 g/mol. The van der Waals surface area contributed by atoms with Crippen molar-refractivity contribution < 1.29 is 34.2 Å². The van der Waals surface area contributed by atoms with E-state index in [2.05, 4.69) is 0 Å². The van der Waals surface area contributed by atoms with Crippen LogP contribution in [-0.4, -0.2) is 6.29 Å². The van der Waals surface area contributed by atoms with Gasteiger partial charge in [-0.1, -0.05) is 0 Å². The summed E-state index contributed by atoms with van der Waals surface area (Å²) in [6, 6.07) is 0. The van der Waals surface area contributed by atoms with E-state index in [0.717, 1.165) is 29.4 Å². The summed E-state index contributed by atoms with van der Waals surface area (Å²) in [7, 11) is 0. The van der Waals surface area contributed by atoms with Gasteiger partial charge in [0.2, 0.25) is 0 Å². The molecular weight excluding hydrogens is 278 g/mol. The van der Waals surface area contributed by atoms with Gasteiger partial charge in [-0.25, -0.2) is 0 Å². The van der Waals surface area contributed by atoms with Crippen molar-refractivity contribution in [1.29, 1.82) is 0 Å². The van der Waals surface area contributed by atoms with Crippen molar-refractivity contribution in [1.82, 2.24) is 0 Å². The van der Waals surface area contributed by atoms with Gasteiger partial charge in [-0.15, -0.1) is 0 Å². The molecule has 4 heavy (non-hydrogen) atoms. The maximum absolute atomic E-state index is 9.09. The van der Waals surface area contributed by atoms with Gasteiger partial charge in [-0.3, -0.25) is 0 Å². The SMILES string of the molecule is O=[C][CH2][U]. The molecule has 0 rings (SSSR count). The molecule has 0 aromatic rings. The maximum atomic E-state index is 9.09. The number of rotatable bonds is 1. The second-order valence-electron chi connectivity index (χ2n) is 0.321. The third-order valence-corrected chi connectivity index (χ3v) is 0.673. The molecule has 0 bridgehead atoms. The molecular formula is C2H2OU. The van der Waals surface area contributed by atoms with Gasteiger partial charge in [0.15, 0.2) is 0 Å². The zero-order valence-electron chi connectivity index (χ0n) is 2.12. The van der Waals surface area contributed by atoms with Crippen molar-refractivity contribution >= 4 is 6.29 Å². The fourth-order valence-corrected chi connectivity index (χ4v) is 0. The van der Waals surface area contributed by atoms with E-state index >= 15 is 0 Å². The first kappa shape index (κ1) is 4.72. The molecule has 0 atom stereocenters. The predicted molar refractivity (Wildman–Crippen MR) is 10.5 cm³/mol. The Morgan fingerprint density at radius 3 is 2.25 bits per heavy atom. The summed E-state index contributed by atoms with van der Waals surface area (Å²) in [4.78, 5) is 9.09. The minimum absolute atomic E-state index is 0.682. The van der Waals surface area contributed by atoms with Gasteiger partial charge in [0.25, 0.3) is 0 Å². The molecule has 0 N–H and O–H groups in total. The molecule has 0 aliphatic heterocycles. The van der Waals surface area contributed by atoms with Crippen LogP contribution in [0.4, 0.5) is 0 Å². The first-order chi connectivity index (χ1) is 1.91. The quantitative estimate of drug-likeness (QED) is 0.664. The molecule has 0 spiro atoms. The van der Waals surface area contributed by atoms with E-state index in [-0.39, 0.29) is 0 Å². The van der Waals surface area contributed by atoms with Crippen molar-refractivity contribution in [3.05, 3.63) is 0 Å². The second-order valence-corrected chi connectivity index (χ2v) is 1.79. The van der Waals surface area contributed by atoms with Crippen LogP contribution in [0.1, 0.15) is 0 Å². The zero-order valence-corrected chi connectivity index (χ0v) is 6.28. The van der Waals surface area contributed by atoms with Crippen molar-refractivity contribution in [2.45, 2.75) is 3.45 Å². The van der Waals surface area contributed by atoms with E-state index in [1.165, 1.54) is 0 Å². The molecule has 0 saturated heterocycles. The summed E-state index contributed by atoms with van der Waals surface area (Å²) in [5.74, 6) is 0. The topological polar surface area (TPSA) is 17.1 Å². The molecule has 0 unspecified atom stereocenters. The molecule has 0 aromatic carbocycles. The molecule has 0 fully saturated rings. The van der Waals surface area contributed by atoms with E-state index in [9.17, 15) is 0 Å². The summed E-state index contributed by atoms with van der Waals surface area (Å²) in [5.41, 5.74) is 0. The Morgan fingerprint density at radius 1 is 2.00 bits per heavy atom. The van der Waals surface area contributed by atoms with Crippen LogP contribution in [0.25, 0.3) is 0 Å². The normalized spacial score (nSPS) is 6.50. The molecule has 1 nitrogen and oxygen atoms in total. The summed E-state index contributed by atoms with van der Waals surface area (Å²) in [6.45, 7) is 0. The molecule has 0 aliphatic rings. The van der Waals surface area contributed by atoms with Crippen LogP contribution < -0.4 is 0 Å². The van der Waals surface area contributed by atoms with E-state index < -0.39 is 0 Å². The number of carbonyl (C=O) groups excluding carboxylic acids is 1. The number of hydrogen-bond acceptors (Lipinski definition) is 1. The Hall–Kier alpha value is 0.722. The summed E-state index contributed by atoms with van der Waals surface area (Å²) < 4.78 is 0.682. The molecule has 0 heterocycles. The first-order valence-corrected chi connectivity index (χ1v) is 3.86. The molecule has 0 amide bonds. The van der Waals surface area contributed by atoms with Crippen LogP contribution in [0.5, 0.6) is 0 Å². The van der Waals surface area contributed by atoms with Crippen LogP contribution >= 0.6 is 0 Å². The van der Waals surface area contributed by atoms with Crippen molar-refractivity contribution in [3.63, 3.8) is 0 Å². The Bertz CT molecular complexity index is 20.0. The van der Waals surface area contributed by atoms with Crippen LogP contribution in [0.3, 0.4) is 0 Å². The minimum atomic E-state index is 0.682. The summed E-state index contributed by atoms with van der Waals surface area (Å²) in [6.07, 6.45) is 1.76. The Morgan fingerprint density at radius 2 is 2.25 bits per heavy atom. The van der Waals surface area contributed by atoms with Crippen LogP contribution in [0.2, 0.25) is 3.45 Å². The van der Waals surface area contributed by atoms with Gasteiger partial charge in [0.05, 0.1) is 0 Å². The van der Waals surface area contributed by atoms with E-state index in [4.69, 9.17) is 4.79 Å². The fourth-order valence-electron chi connectivity index (χ4n) is 0. The van der Waals surface area contributed by atoms with Gasteiger partial charge in [-0.05, 0) is 0 Å². The van der Waals surface area contributed by atoms with Gasteiger partial charge in [0, 0.05) is 0 Å². The van der Waals surface area contributed by atoms with Gasteiger partial charge < -0.3 is 0 Å². The van der Waals surface area contributed by atoms with Crippen LogP contribution in [0.15, 0.2) is 0 Å². The molecule has 1 radical (unpaired) electrons. The summed E-state index contributed by atoms with van der Waals surface area (Å²) >= 11 is 0.798. The van der Waals surface area contributed by atoms with Gasteiger partial charge in [0.1, 0.15) is 0 Å². The van der Waals surface area contributed by atoms with E-state index in [0.29, 0.717) is 3.45 Å². The Labute approximate surface area is 44.0 Å². The second kappa shape index (κ2) is 3.72. The van der Waals surface area contributed by atoms with Crippen molar-refractivity contribution in [2.75, 3.05) is 0 Å². The Kier molecular flexibility index (Phi) is 4.39. The molecule has 20 valence electrons. The van der Waals surface area contributed by atoms with Crippen LogP contribution in [-0.2, 0) is 4.79 Å². The van der Waals surface area contributed by atoms with Gasteiger partial charge >= 0.3 is 44.0 Å². The van der Waals surface area contributed by atoms with Gasteiger partial charge in [-0.2, -0.15) is 0 Å². The van der Waals surface area contributed by atoms with Crippen molar-refractivity contribution in [2.24, 2.45) is 0 Å². The number of hydrogen-bond donors (Lipinski definition) is 0. The molecule has 0 aromatic heterocycles. The third-order valence-electron chi connectivity index (χ3n) is 0.0722. The average Bonchev–Trinajstić information content (AvgIpc) is 1.37. The molecule has 0 saturated carbocycles. The van der Waals surface area contributed by atoms with Crippen molar-refractivity contribution in [3.8, 4) is 0 Å². The molecule has 0 aliphatic carbocycles. The fraction of sp³-hybridized carbons (Fsp3) is 0.500. The van der Waals surface area contributed by atoms with E-state index in [1.54, 1.807) is 6.29 Å². The predicted octanol–water partition coefficient (Wildman–Crippen LogP) is 0.0637. The molecule has 2 heteroatoms. The van der Waals surface area contributed by atoms with Crippen LogP contribution in [0, 0.1) is 29.4 Å².